The van der Waals surface area contributed by atoms with Gasteiger partial charge in [-0.3, -0.25) is 14.3 Å². The number of nitrogens with zero attached hydrogens (tertiary/aromatic N) is 3. The third-order valence-corrected chi connectivity index (χ3v) is 6.95. The minimum atomic E-state index is -1.12. The molecule has 0 radical (unpaired) electrons. The maximum absolute atomic E-state index is 13.9. The molecule has 0 bridgehead atoms. The number of hydrogen-bond acceptors (Lipinski definition) is 4. The number of carbonyl (C=O) groups is 2. The number of amides is 2. The van der Waals surface area contributed by atoms with Gasteiger partial charge in [-0.05, 0) is 36.6 Å². The molecular formula is C30H30N4O3. The maximum atomic E-state index is 13.9. The Kier molecular flexibility index (Phi) is 6.77. The van der Waals surface area contributed by atoms with Crippen molar-refractivity contribution in [2.45, 2.75) is 32.0 Å². The Morgan fingerprint density at radius 1 is 1.00 bits per heavy atom. The second-order valence-corrected chi connectivity index (χ2v) is 9.40. The zero-order chi connectivity index (χ0) is 25.8. The second kappa shape index (κ2) is 10.3. The summed E-state index contributed by atoms with van der Waals surface area (Å²) in [6.07, 6.45) is 0.553. The van der Waals surface area contributed by atoms with Crippen LogP contribution in [0.15, 0.2) is 91.0 Å². The quantitative estimate of drug-likeness (QED) is 0.396. The number of aromatic nitrogens is 2. The van der Waals surface area contributed by atoms with Crippen LogP contribution in [0.1, 0.15) is 28.5 Å². The summed E-state index contributed by atoms with van der Waals surface area (Å²) in [6.45, 7) is 2.82. The van der Waals surface area contributed by atoms with E-state index in [1.165, 1.54) is 0 Å². The lowest BCUT2D eigenvalue weighted by atomic mass is 9.94. The third-order valence-electron chi connectivity index (χ3n) is 6.95. The van der Waals surface area contributed by atoms with Gasteiger partial charge in [0.15, 0.2) is 0 Å². The molecular weight excluding hydrogens is 464 g/mol. The van der Waals surface area contributed by atoms with Crippen molar-refractivity contribution in [1.82, 2.24) is 20.0 Å². The lowest BCUT2D eigenvalue weighted by Crippen LogP contribution is -2.64. The van der Waals surface area contributed by atoms with Crippen molar-refractivity contribution in [2.75, 3.05) is 13.7 Å². The largest absolute Gasteiger partial charge is 0.496 e. The number of fused-ring (bicyclic) bond motifs is 1. The van der Waals surface area contributed by atoms with Crippen LogP contribution < -0.4 is 10.1 Å². The summed E-state index contributed by atoms with van der Waals surface area (Å²) in [6, 6.07) is 29.1. The molecule has 1 N–H and O–H groups in total. The molecule has 7 heteroatoms. The van der Waals surface area contributed by atoms with Crippen LogP contribution in [-0.2, 0) is 24.3 Å². The highest BCUT2D eigenvalue weighted by Crippen LogP contribution is 2.31. The molecule has 1 aromatic heterocycles. The van der Waals surface area contributed by atoms with Crippen molar-refractivity contribution in [1.29, 1.82) is 0 Å². The molecule has 0 saturated carbocycles. The molecule has 2 amide bonds. The van der Waals surface area contributed by atoms with Gasteiger partial charge in [-0.25, -0.2) is 0 Å². The van der Waals surface area contributed by atoms with E-state index in [0.29, 0.717) is 30.9 Å². The maximum Gasteiger partial charge on any atom is 0.273 e. The van der Waals surface area contributed by atoms with Crippen LogP contribution in [0.5, 0.6) is 5.75 Å². The van der Waals surface area contributed by atoms with Crippen LogP contribution >= 0.6 is 0 Å². The molecule has 3 aromatic carbocycles. The first kappa shape index (κ1) is 24.3. The van der Waals surface area contributed by atoms with E-state index in [9.17, 15) is 9.59 Å². The van der Waals surface area contributed by atoms with E-state index in [4.69, 9.17) is 9.84 Å². The molecule has 37 heavy (non-hydrogen) atoms. The molecule has 0 saturated heterocycles. The van der Waals surface area contributed by atoms with Crippen molar-refractivity contribution in [3.8, 4) is 17.0 Å². The summed E-state index contributed by atoms with van der Waals surface area (Å²) in [5.41, 5.74) is 2.96. The van der Waals surface area contributed by atoms with Gasteiger partial charge in [0.2, 0.25) is 5.91 Å². The van der Waals surface area contributed by atoms with Crippen LogP contribution in [0.25, 0.3) is 11.3 Å². The molecule has 5 rings (SSSR count). The average Bonchev–Trinajstić information content (AvgIpc) is 3.37. The van der Waals surface area contributed by atoms with Crippen molar-refractivity contribution in [3.63, 3.8) is 0 Å². The van der Waals surface area contributed by atoms with E-state index in [-0.39, 0.29) is 18.4 Å². The van der Waals surface area contributed by atoms with E-state index in [1.807, 2.05) is 97.9 Å². The molecule has 1 aliphatic heterocycles. The van der Waals surface area contributed by atoms with E-state index in [0.717, 1.165) is 22.4 Å². The first-order valence-corrected chi connectivity index (χ1v) is 12.4. The highest BCUT2D eigenvalue weighted by molar-refractivity contribution is 6.00. The zero-order valence-electron chi connectivity index (χ0n) is 21.1. The number of benzene rings is 3. The van der Waals surface area contributed by atoms with Gasteiger partial charge >= 0.3 is 0 Å². The number of rotatable bonds is 8. The summed E-state index contributed by atoms with van der Waals surface area (Å²) in [5.74, 6) is 0.332. The first-order valence-electron chi connectivity index (χ1n) is 12.4. The van der Waals surface area contributed by atoms with Gasteiger partial charge in [-0.15, -0.1) is 0 Å². The minimum absolute atomic E-state index is 0.215. The van der Waals surface area contributed by atoms with Gasteiger partial charge in [-0.2, -0.15) is 5.10 Å². The molecule has 0 spiro atoms. The van der Waals surface area contributed by atoms with Crippen LogP contribution in [0.2, 0.25) is 0 Å². The lowest BCUT2D eigenvalue weighted by molar-refractivity contribution is -0.133. The predicted molar refractivity (Wildman–Crippen MR) is 142 cm³/mol. The molecule has 4 aromatic rings. The van der Waals surface area contributed by atoms with Gasteiger partial charge in [0, 0.05) is 18.7 Å². The third kappa shape index (κ3) is 4.85. The standard InChI is InChI=1S/C30H30N4O3/c1-30(29(36)31-20-22-11-5-3-6-12-22)21-34-26(19-25(32-34)23-13-7-4-8-14-23)28(35)33(30)18-17-24-15-9-10-16-27(24)37-2/h3-16,19H,17-18,20-21H2,1-2H3,(H,31,36)/t30-/m1/s1. The Bertz CT molecular complexity index is 1400. The van der Waals surface area contributed by atoms with E-state index in [2.05, 4.69) is 5.32 Å². The molecule has 188 valence electrons. The molecule has 0 aliphatic carbocycles. The second-order valence-electron chi connectivity index (χ2n) is 9.40. The normalized spacial score (nSPS) is 16.8. The monoisotopic (exact) mass is 494 g/mol. The molecule has 7 nitrogen and oxygen atoms in total. The molecule has 2 heterocycles. The zero-order valence-corrected chi connectivity index (χ0v) is 21.1. The van der Waals surface area contributed by atoms with Crippen LogP contribution in [0, 0.1) is 0 Å². The minimum Gasteiger partial charge on any atom is -0.496 e. The summed E-state index contributed by atoms with van der Waals surface area (Å²) in [7, 11) is 1.63. The number of methoxy groups -OCH3 is 1. The Morgan fingerprint density at radius 2 is 1.68 bits per heavy atom. The average molecular weight is 495 g/mol. The predicted octanol–water partition coefficient (Wildman–Crippen LogP) is 4.33. The number of carbonyl (C=O) groups excluding carboxylic acids is 2. The van der Waals surface area contributed by atoms with Gasteiger partial charge in [0.25, 0.3) is 5.91 Å². The Morgan fingerprint density at radius 3 is 2.41 bits per heavy atom. The van der Waals surface area contributed by atoms with Crippen molar-refractivity contribution in [3.05, 3.63) is 108 Å². The van der Waals surface area contributed by atoms with Gasteiger partial charge in [0.05, 0.1) is 19.3 Å². The van der Waals surface area contributed by atoms with Crippen molar-refractivity contribution >= 4 is 11.8 Å². The molecule has 1 atom stereocenters. The smallest absolute Gasteiger partial charge is 0.273 e. The van der Waals surface area contributed by atoms with Crippen molar-refractivity contribution < 1.29 is 14.3 Å². The van der Waals surface area contributed by atoms with Crippen LogP contribution in [-0.4, -0.2) is 45.7 Å². The summed E-state index contributed by atoms with van der Waals surface area (Å²) in [4.78, 5) is 29.3. The van der Waals surface area contributed by atoms with E-state index >= 15 is 0 Å². The number of hydrogen-bond donors (Lipinski definition) is 1. The molecule has 1 aliphatic rings. The Labute approximate surface area is 216 Å². The molecule has 0 fully saturated rings. The summed E-state index contributed by atoms with van der Waals surface area (Å²) < 4.78 is 7.18. The fraction of sp³-hybridized carbons (Fsp3) is 0.233. The van der Waals surface area contributed by atoms with Crippen LogP contribution in [0.4, 0.5) is 0 Å². The fourth-order valence-electron chi connectivity index (χ4n) is 4.85. The summed E-state index contributed by atoms with van der Waals surface area (Å²) >= 11 is 0. The highest BCUT2D eigenvalue weighted by atomic mass is 16.5. The fourth-order valence-corrected chi connectivity index (χ4v) is 4.85. The van der Waals surface area contributed by atoms with Crippen molar-refractivity contribution in [2.24, 2.45) is 0 Å². The number of para-hydroxylation sites is 1. The van der Waals surface area contributed by atoms with Crippen LogP contribution in [0.3, 0.4) is 0 Å². The topological polar surface area (TPSA) is 76.5 Å². The Balaban J connectivity index is 1.46. The Hall–Kier alpha value is -4.39. The lowest BCUT2D eigenvalue weighted by Gasteiger charge is -2.43. The van der Waals surface area contributed by atoms with Gasteiger partial charge < -0.3 is 15.0 Å². The van der Waals surface area contributed by atoms with E-state index < -0.39 is 5.54 Å². The SMILES string of the molecule is COc1ccccc1CCN1C(=O)c2cc(-c3ccccc3)nn2C[C@]1(C)C(=O)NCc1ccccc1. The highest BCUT2D eigenvalue weighted by Gasteiger charge is 2.47. The summed E-state index contributed by atoms with van der Waals surface area (Å²) in [5, 5.41) is 7.77. The number of nitrogens with one attached hydrogen (secondary N) is 1. The van der Waals surface area contributed by atoms with E-state index in [1.54, 1.807) is 16.7 Å². The van der Waals surface area contributed by atoms with Gasteiger partial charge in [-0.1, -0.05) is 78.9 Å². The van der Waals surface area contributed by atoms with Gasteiger partial charge in [0.1, 0.15) is 17.0 Å². The first-order chi connectivity index (χ1) is 18.0. The molecule has 0 unspecified atom stereocenters. The number of ether oxygens (including phenoxy) is 1.